The Morgan fingerprint density at radius 2 is 1.95 bits per heavy atom. The Balaban J connectivity index is 1.89. The van der Waals surface area contributed by atoms with Crippen molar-refractivity contribution in [3.05, 3.63) is 23.7 Å². The van der Waals surface area contributed by atoms with Gasteiger partial charge >= 0.3 is 5.97 Å². The molecule has 1 saturated heterocycles. The molecule has 0 aromatic carbocycles. The monoisotopic (exact) mass is 308 g/mol. The van der Waals surface area contributed by atoms with Gasteiger partial charge in [0.15, 0.2) is 5.76 Å². The summed E-state index contributed by atoms with van der Waals surface area (Å²) in [5.74, 6) is -1.46. The fourth-order valence-electron chi connectivity index (χ4n) is 2.31. The Morgan fingerprint density at radius 3 is 2.45 bits per heavy atom. The van der Waals surface area contributed by atoms with Gasteiger partial charge in [-0.05, 0) is 12.8 Å². The molecule has 0 saturated carbocycles. The number of carboxylic acids is 1. The van der Waals surface area contributed by atoms with Crippen LogP contribution in [-0.4, -0.2) is 46.9 Å². The van der Waals surface area contributed by atoms with E-state index in [9.17, 15) is 14.4 Å². The van der Waals surface area contributed by atoms with Crippen molar-refractivity contribution in [2.75, 3.05) is 13.1 Å². The molecular formula is C15H20N2O5. The average molecular weight is 308 g/mol. The van der Waals surface area contributed by atoms with Crippen molar-refractivity contribution in [1.29, 1.82) is 0 Å². The van der Waals surface area contributed by atoms with Gasteiger partial charge in [0.25, 0.3) is 5.91 Å². The van der Waals surface area contributed by atoms with Crippen molar-refractivity contribution in [2.24, 2.45) is 5.92 Å². The second-order valence-corrected chi connectivity index (χ2v) is 5.73. The predicted octanol–water partition coefficient (Wildman–Crippen LogP) is 1.35. The van der Waals surface area contributed by atoms with Crippen molar-refractivity contribution < 1.29 is 23.9 Å². The molecule has 0 radical (unpaired) electrons. The topological polar surface area (TPSA) is 99.9 Å². The third-order valence-corrected chi connectivity index (χ3v) is 3.71. The number of rotatable bonds is 4. The van der Waals surface area contributed by atoms with Gasteiger partial charge in [0, 0.05) is 31.1 Å². The maximum atomic E-state index is 12.2. The van der Waals surface area contributed by atoms with E-state index in [1.807, 2.05) is 13.8 Å². The molecule has 2 rings (SSSR count). The summed E-state index contributed by atoms with van der Waals surface area (Å²) in [6.07, 6.45) is 2.42. The standard InChI is InChI=1S/C15H20N2O5/c1-9(2)13(18)16-11-3-5-17(6-4-11)14(19)12-7-10(8-22-12)15(20)21/h7-9,11H,3-6H2,1-2H3,(H,16,18)(H,20,21). The number of piperidine rings is 1. The molecule has 120 valence electrons. The summed E-state index contributed by atoms with van der Waals surface area (Å²) < 4.78 is 5.02. The summed E-state index contributed by atoms with van der Waals surface area (Å²) in [6.45, 7) is 4.69. The van der Waals surface area contributed by atoms with Crippen LogP contribution in [0.3, 0.4) is 0 Å². The highest BCUT2D eigenvalue weighted by Crippen LogP contribution is 2.16. The molecule has 22 heavy (non-hydrogen) atoms. The van der Waals surface area contributed by atoms with Crippen LogP contribution in [0.5, 0.6) is 0 Å². The lowest BCUT2D eigenvalue weighted by Crippen LogP contribution is -2.47. The van der Waals surface area contributed by atoms with E-state index < -0.39 is 5.97 Å². The zero-order chi connectivity index (χ0) is 16.3. The minimum absolute atomic E-state index is 0.0157. The second kappa shape index (κ2) is 6.64. The molecule has 0 aliphatic carbocycles. The van der Waals surface area contributed by atoms with Gasteiger partial charge in [-0.25, -0.2) is 4.79 Å². The van der Waals surface area contributed by atoms with Gasteiger partial charge in [0.1, 0.15) is 6.26 Å². The highest BCUT2D eigenvalue weighted by Gasteiger charge is 2.27. The van der Waals surface area contributed by atoms with E-state index in [4.69, 9.17) is 9.52 Å². The lowest BCUT2D eigenvalue weighted by molar-refractivity contribution is -0.124. The zero-order valence-electron chi connectivity index (χ0n) is 12.7. The Bertz CT molecular complexity index is 570. The third kappa shape index (κ3) is 3.66. The van der Waals surface area contributed by atoms with Gasteiger partial charge in [0.2, 0.25) is 5.91 Å². The number of aromatic carboxylic acids is 1. The van der Waals surface area contributed by atoms with Crippen LogP contribution >= 0.6 is 0 Å². The molecule has 2 amide bonds. The number of furan rings is 1. The maximum Gasteiger partial charge on any atom is 0.338 e. The number of carbonyl (C=O) groups is 3. The summed E-state index contributed by atoms with van der Waals surface area (Å²) >= 11 is 0. The molecule has 1 aliphatic heterocycles. The number of nitrogens with one attached hydrogen (secondary N) is 1. The third-order valence-electron chi connectivity index (χ3n) is 3.71. The summed E-state index contributed by atoms with van der Waals surface area (Å²) in [7, 11) is 0. The molecule has 2 N–H and O–H groups in total. The first-order valence-electron chi connectivity index (χ1n) is 7.30. The van der Waals surface area contributed by atoms with Crippen LogP contribution < -0.4 is 5.32 Å². The van der Waals surface area contributed by atoms with Crippen molar-refractivity contribution in [3.63, 3.8) is 0 Å². The summed E-state index contributed by atoms with van der Waals surface area (Å²) in [4.78, 5) is 36.3. The van der Waals surface area contributed by atoms with Gasteiger partial charge in [-0.3, -0.25) is 9.59 Å². The molecule has 0 spiro atoms. The number of likely N-dealkylation sites (tertiary alicyclic amines) is 1. The van der Waals surface area contributed by atoms with Crippen LogP contribution in [0.2, 0.25) is 0 Å². The predicted molar refractivity (Wildman–Crippen MR) is 77.6 cm³/mol. The Morgan fingerprint density at radius 1 is 1.32 bits per heavy atom. The number of carboxylic acid groups (broad SMARTS) is 1. The first-order chi connectivity index (χ1) is 10.4. The second-order valence-electron chi connectivity index (χ2n) is 5.73. The fourth-order valence-corrected chi connectivity index (χ4v) is 2.31. The van der Waals surface area contributed by atoms with E-state index in [2.05, 4.69) is 5.32 Å². The van der Waals surface area contributed by atoms with Crippen LogP contribution in [0, 0.1) is 5.92 Å². The minimum Gasteiger partial charge on any atom is -0.478 e. The lowest BCUT2D eigenvalue weighted by atomic mass is 10.0. The first-order valence-corrected chi connectivity index (χ1v) is 7.30. The van der Waals surface area contributed by atoms with Crippen LogP contribution in [0.4, 0.5) is 0 Å². The van der Waals surface area contributed by atoms with Crippen molar-refractivity contribution in [3.8, 4) is 0 Å². The highest BCUT2D eigenvalue weighted by atomic mass is 16.4. The van der Waals surface area contributed by atoms with E-state index >= 15 is 0 Å². The van der Waals surface area contributed by atoms with Gasteiger partial charge in [-0.1, -0.05) is 13.8 Å². The first kappa shape index (κ1) is 16.1. The van der Waals surface area contributed by atoms with Gasteiger partial charge in [0.05, 0.1) is 5.56 Å². The minimum atomic E-state index is -1.13. The molecule has 2 heterocycles. The Kier molecular flexibility index (Phi) is 4.85. The van der Waals surface area contributed by atoms with Crippen molar-refractivity contribution in [1.82, 2.24) is 10.2 Å². The number of hydrogen-bond donors (Lipinski definition) is 2. The molecule has 0 atom stereocenters. The number of nitrogens with zero attached hydrogens (tertiary/aromatic N) is 1. The molecular weight excluding hydrogens is 288 g/mol. The highest BCUT2D eigenvalue weighted by molar-refractivity contribution is 5.95. The summed E-state index contributed by atoms with van der Waals surface area (Å²) in [5.41, 5.74) is -0.0394. The normalized spacial score (nSPS) is 15.9. The molecule has 7 nitrogen and oxygen atoms in total. The number of amides is 2. The van der Waals surface area contributed by atoms with Crippen LogP contribution in [0.25, 0.3) is 0 Å². The van der Waals surface area contributed by atoms with E-state index in [0.717, 1.165) is 6.26 Å². The molecule has 1 aliphatic rings. The largest absolute Gasteiger partial charge is 0.478 e. The molecule has 1 aromatic heterocycles. The van der Waals surface area contributed by atoms with E-state index in [1.165, 1.54) is 6.07 Å². The average Bonchev–Trinajstić information content (AvgIpc) is 2.97. The smallest absolute Gasteiger partial charge is 0.338 e. The van der Waals surface area contributed by atoms with E-state index in [1.54, 1.807) is 4.90 Å². The van der Waals surface area contributed by atoms with Crippen LogP contribution in [-0.2, 0) is 4.79 Å². The van der Waals surface area contributed by atoms with Crippen LogP contribution in [0.1, 0.15) is 47.6 Å². The van der Waals surface area contributed by atoms with E-state index in [-0.39, 0.29) is 35.1 Å². The van der Waals surface area contributed by atoms with Gasteiger partial charge < -0.3 is 19.7 Å². The summed E-state index contributed by atoms with van der Waals surface area (Å²) in [6, 6.07) is 1.31. The summed E-state index contributed by atoms with van der Waals surface area (Å²) in [5, 5.41) is 11.8. The van der Waals surface area contributed by atoms with Crippen molar-refractivity contribution in [2.45, 2.75) is 32.7 Å². The molecule has 1 fully saturated rings. The van der Waals surface area contributed by atoms with Gasteiger partial charge in [-0.15, -0.1) is 0 Å². The quantitative estimate of drug-likeness (QED) is 0.874. The SMILES string of the molecule is CC(C)C(=O)NC1CCN(C(=O)c2cc(C(=O)O)co2)CC1. The Labute approximate surface area is 128 Å². The van der Waals surface area contributed by atoms with E-state index in [0.29, 0.717) is 25.9 Å². The van der Waals surface area contributed by atoms with Crippen molar-refractivity contribution >= 4 is 17.8 Å². The number of carbonyl (C=O) groups excluding carboxylic acids is 2. The lowest BCUT2D eigenvalue weighted by Gasteiger charge is -2.32. The maximum absolute atomic E-state index is 12.2. The van der Waals surface area contributed by atoms with Gasteiger partial charge in [-0.2, -0.15) is 0 Å². The number of hydrogen-bond acceptors (Lipinski definition) is 4. The molecule has 0 unspecified atom stereocenters. The zero-order valence-corrected chi connectivity index (χ0v) is 12.7. The molecule has 1 aromatic rings. The molecule has 0 bridgehead atoms. The Hall–Kier alpha value is -2.31. The fraction of sp³-hybridized carbons (Fsp3) is 0.533. The molecule has 7 heteroatoms. The van der Waals surface area contributed by atoms with Crippen LogP contribution in [0.15, 0.2) is 16.7 Å².